The first-order chi connectivity index (χ1) is 9.88. The number of piperazine rings is 1. The molecule has 1 aromatic rings. The van der Waals surface area contributed by atoms with Crippen LogP contribution in [0.1, 0.15) is 5.56 Å². The first-order valence-corrected chi connectivity index (χ1v) is 7.12. The van der Waals surface area contributed by atoms with Crippen LogP contribution in [0.3, 0.4) is 0 Å². The molecule has 0 bridgehead atoms. The fourth-order valence-electron chi connectivity index (χ4n) is 1.98. The van der Waals surface area contributed by atoms with Crippen molar-refractivity contribution >= 4 is 27.7 Å². The van der Waals surface area contributed by atoms with E-state index in [2.05, 4.69) is 31.5 Å². The van der Waals surface area contributed by atoms with E-state index in [-0.39, 0.29) is 22.7 Å². The van der Waals surface area contributed by atoms with Gasteiger partial charge in [0.05, 0.1) is 12.1 Å². The summed E-state index contributed by atoms with van der Waals surface area (Å²) in [6, 6.07) is 0.935. The number of halogens is 4. The minimum absolute atomic E-state index is 0.211. The first-order valence-electron chi connectivity index (χ1n) is 6.33. The van der Waals surface area contributed by atoms with E-state index < -0.39 is 11.7 Å². The molecule has 0 spiro atoms. The van der Waals surface area contributed by atoms with Crippen LogP contribution in [0.4, 0.5) is 19.0 Å². The third-order valence-electron chi connectivity index (χ3n) is 3.04. The molecule has 21 heavy (non-hydrogen) atoms. The minimum Gasteiger partial charge on any atom is -0.360 e. The lowest BCUT2D eigenvalue weighted by Gasteiger charge is -2.27. The number of hydrogen-bond donors (Lipinski definition) is 2. The van der Waals surface area contributed by atoms with Crippen molar-refractivity contribution < 1.29 is 18.0 Å². The molecule has 1 amide bonds. The van der Waals surface area contributed by atoms with E-state index in [1.807, 2.05) is 0 Å². The molecule has 116 valence electrons. The molecule has 0 saturated carbocycles. The second-order valence-electron chi connectivity index (χ2n) is 4.53. The standard InChI is InChI=1S/C12H14BrF3N4O/c13-8-5-9(12(14,15)16)11(18-6-8)19-7-10(21)20-3-1-17-2-4-20/h5-6,17H,1-4,7H2,(H,18,19). The zero-order valence-electron chi connectivity index (χ0n) is 11.0. The monoisotopic (exact) mass is 366 g/mol. The molecule has 2 N–H and O–H groups in total. The highest BCUT2D eigenvalue weighted by Crippen LogP contribution is 2.35. The summed E-state index contributed by atoms with van der Waals surface area (Å²) in [6.07, 6.45) is -3.27. The smallest absolute Gasteiger partial charge is 0.360 e. The molecular formula is C12H14BrF3N4O. The van der Waals surface area contributed by atoms with Gasteiger partial charge in [0.2, 0.25) is 5.91 Å². The van der Waals surface area contributed by atoms with Crippen LogP contribution >= 0.6 is 15.9 Å². The van der Waals surface area contributed by atoms with Crippen LogP contribution in [0.25, 0.3) is 0 Å². The Morgan fingerprint density at radius 3 is 2.71 bits per heavy atom. The van der Waals surface area contributed by atoms with Crippen LogP contribution in [0.2, 0.25) is 0 Å². The zero-order chi connectivity index (χ0) is 15.5. The van der Waals surface area contributed by atoms with Crippen molar-refractivity contribution in [2.75, 3.05) is 38.0 Å². The van der Waals surface area contributed by atoms with Gasteiger partial charge in [-0.05, 0) is 22.0 Å². The van der Waals surface area contributed by atoms with Crippen molar-refractivity contribution in [1.29, 1.82) is 0 Å². The Labute approximate surface area is 128 Å². The summed E-state index contributed by atoms with van der Waals surface area (Å²) in [5.41, 5.74) is -0.898. The zero-order valence-corrected chi connectivity index (χ0v) is 12.6. The molecule has 1 fully saturated rings. The second-order valence-corrected chi connectivity index (χ2v) is 5.45. The first kappa shape index (κ1) is 16.0. The number of hydrogen-bond acceptors (Lipinski definition) is 4. The largest absolute Gasteiger partial charge is 0.419 e. The molecular weight excluding hydrogens is 353 g/mol. The van der Waals surface area contributed by atoms with Crippen LogP contribution in [-0.2, 0) is 11.0 Å². The van der Waals surface area contributed by atoms with Gasteiger partial charge in [-0.2, -0.15) is 13.2 Å². The number of nitrogens with one attached hydrogen (secondary N) is 2. The third kappa shape index (κ3) is 4.31. The van der Waals surface area contributed by atoms with Gasteiger partial charge < -0.3 is 15.5 Å². The summed E-state index contributed by atoms with van der Waals surface area (Å²) in [7, 11) is 0. The van der Waals surface area contributed by atoms with E-state index in [0.717, 1.165) is 6.07 Å². The van der Waals surface area contributed by atoms with Gasteiger partial charge in [-0.1, -0.05) is 0 Å². The van der Waals surface area contributed by atoms with Crippen molar-refractivity contribution in [2.45, 2.75) is 6.18 Å². The van der Waals surface area contributed by atoms with Gasteiger partial charge in [-0.25, -0.2) is 4.98 Å². The minimum atomic E-state index is -4.53. The van der Waals surface area contributed by atoms with Gasteiger partial charge >= 0.3 is 6.18 Å². The molecule has 0 atom stereocenters. The maximum absolute atomic E-state index is 12.9. The lowest BCUT2D eigenvalue weighted by atomic mass is 10.2. The van der Waals surface area contributed by atoms with E-state index in [9.17, 15) is 18.0 Å². The van der Waals surface area contributed by atoms with E-state index in [0.29, 0.717) is 26.2 Å². The SMILES string of the molecule is O=C(CNc1ncc(Br)cc1C(F)(F)F)N1CCNCC1. The van der Waals surface area contributed by atoms with Crippen LogP contribution < -0.4 is 10.6 Å². The second kappa shape index (κ2) is 6.61. The molecule has 5 nitrogen and oxygen atoms in total. The van der Waals surface area contributed by atoms with Crippen LogP contribution in [0.5, 0.6) is 0 Å². The lowest BCUT2D eigenvalue weighted by molar-refractivity contribution is -0.137. The molecule has 0 radical (unpaired) electrons. The Bertz CT molecular complexity index is 518. The number of aromatic nitrogens is 1. The number of amides is 1. The van der Waals surface area contributed by atoms with Gasteiger partial charge in [-0.15, -0.1) is 0 Å². The fourth-order valence-corrected chi connectivity index (χ4v) is 2.31. The quantitative estimate of drug-likeness (QED) is 0.854. The average molecular weight is 367 g/mol. The Balaban J connectivity index is 2.04. The molecule has 0 aliphatic carbocycles. The van der Waals surface area contributed by atoms with Crippen molar-refractivity contribution in [3.63, 3.8) is 0 Å². The molecule has 1 aliphatic rings. The summed E-state index contributed by atoms with van der Waals surface area (Å²) < 4.78 is 38.9. The number of carbonyl (C=O) groups excluding carboxylic acids is 1. The highest BCUT2D eigenvalue weighted by atomic mass is 79.9. The van der Waals surface area contributed by atoms with Gasteiger partial charge in [0.15, 0.2) is 0 Å². The number of rotatable bonds is 3. The molecule has 1 saturated heterocycles. The van der Waals surface area contributed by atoms with Crippen molar-refractivity contribution in [1.82, 2.24) is 15.2 Å². The number of carbonyl (C=O) groups is 1. The van der Waals surface area contributed by atoms with Gasteiger partial charge in [0.1, 0.15) is 5.82 Å². The van der Waals surface area contributed by atoms with E-state index in [4.69, 9.17) is 0 Å². The third-order valence-corrected chi connectivity index (χ3v) is 3.47. The van der Waals surface area contributed by atoms with Gasteiger partial charge in [-0.3, -0.25) is 4.79 Å². The summed E-state index contributed by atoms with van der Waals surface area (Å²) in [5, 5.41) is 5.58. The highest BCUT2D eigenvalue weighted by molar-refractivity contribution is 9.10. The van der Waals surface area contributed by atoms with Crippen LogP contribution in [0.15, 0.2) is 16.7 Å². The topological polar surface area (TPSA) is 57.3 Å². The van der Waals surface area contributed by atoms with Crippen LogP contribution in [0, 0.1) is 0 Å². The normalized spacial score (nSPS) is 15.9. The number of alkyl halides is 3. The Morgan fingerprint density at radius 1 is 1.43 bits per heavy atom. The Hall–Kier alpha value is -1.35. The maximum Gasteiger partial charge on any atom is 0.419 e. The average Bonchev–Trinajstić information content (AvgIpc) is 2.45. The molecule has 1 aliphatic heterocycles. The Morgan fingerprint density at radius 2 is 2.10 bits per heavy atom. The van der Waals surface area contributed by atoms with Gasteiger partial charge in [0, 0.05) is 36.8 Å². The molecule has 0 unspecified atom stereocenters. The molecule has 0 aromatic carbocycles. The summed E-state index contributed by atoms with van der Waals surface area (Å²) in [6.45, 7) is 2.28. The lowest BCUT2D eigenvalue weighted by Crippen LogP contribution is -2.48. The Kier molecular flexibility index (Phi) is 5.04. The molecule has 2 rings (SSSR count). The van der Waals surface area contributed by atoms with Crippen LogP contribution in [-0.4, -0.2) is 48.5 Å². The summed E-state index contributed by atoms with van der Waals surface area (Å²) >= 11 is 2.96. The highest BCUT2D eigenvalue weighted by Gasteiger charge is 2.34. The summed E-state index contributed by atoms with van der Waals surface area (Å²) in [4.78, 5) is 17.2. The van der Waals surface area contributed by atoms with Gasteiger partial charge in [0.25, 0.3) is 0 Å². The van der Waals surface area contributed by atoms with E-state index in [1.165, 1.54) is 6.20 Å². The van der Waals surface area contributed by atoms with Crippen molar-refractivity contribution in [3.8, 4) is 0 Å². The van der Waals surface area contributed by atoms with Crippen molar-refractivity contribution in [3.05, 3.63) is 22.3 Å². The number of anilines is 1. The van der Waals surface area contributed by atoms with Crippen molar-refractivity contribution in [2.24, 2.45) is 0 Å². The summed E-state index contributed by atoms with van der Waals surface area (Å²) in [5.74, 6) is -0.580. The molecule has 2 heterocycles. The fraction of sp³-hybridized carbons (Fsp3) is 0.500. The predicted molar refractivity (Wildman–Crippen MR) is 74.9 cm³/mol. The molecule has 9 heteroatoms. The van der Waals surface area contributed by atoms with E-state index >= 15 is 0 Å². The molecule has 1 aromatic heterocycles. The van der Waals surface area contributed by atoms with E-state index in [1.54, 1.807) is 4.90 Å². The number of pyridine rings is 1. The number of nitrogens with zero attached hydrogens (tertiary/aromatic N) is 2. The predicted octanol–water partition coefficient (Wildman–Crippen LogP) is 1.71. The maximum atomic E-state index is 12.9.